The van der Waals surface area contributed by atoms with E-state index in [1.54, 1.807) is 6.92 Å². The van der Waals surface area contributed by atoms with Crippen molar-refractivity contribution in [1.29, 1.82) is 0 Å². The molecule has 1 saturated carbocycles. The molecule has 0 aliphatic heterocycles. The number of carbonyl (C=O) groups is 2. The van der Waals surface area contributed by atoms with Crippen LogP contribution in [0.4, 0.5) is 0 Å². The molecule has 0 saturated heterocycles. The summed E-state index contributed by atoms with van der Waals surface area (Å²) in [7, 11) is 0. The largest absolute Gasteiger partial charge is 0.353 e. The van der Waals surface area contributed by atoms with Crippen LogP contribution in [0.1, 0.15) is 38.7 Å². The lowest BCUT2D eigenvalue weighted by molar-refractivity contribution is -0.125. The number of amides is 1. The Hall–Kier alpha value is -1.29. The first kappa shape index (κ1) is 16.1. The Morgan fingerprint density at radius 2 is 2.00 bits per heavy atom. The molecule has 1 aromatic carbocycles. The van der Waals surface area contributed by atoms with E-state index in [0.29, 0.717) is 5.25 Å². The quantitative estimate of drug-likeness (QED) is 0.909. The van der Waals surface area contributed by atoms with Gasteiger partial charge < -0.3 is 5.32 Å². The number of hydrogen-bond donors (Lipinski definition) is 1. The Balaban J connectivity index is 1.78. The number of thioether (sulfide) groups is 1. The first-order valence-corrected chi connectivity index (χ1v) is 8.44. The highest BCUT2D eigenvalue weighted by Gasteiger charge is 2.28. The summed E-state index contributed by atoms with van der Waals surface area (Å²) in [5.41, 5.74) is 1.19. The molecule has 1 N–H and O–H groups in total. The van der Waals surface area contributed by atoms with Crippen LogP contribution in [0.3, 0.4) is 0 Å². The van der Waals surface area contributed by atoms with Crippen molar-refractivity contribution in [3.05, 3.63) is 35.9 Å². The third kappa shape index (κ3) is 5.20. The summed E-state index contributed by atoms with van der Waals surface area (Å²) in [6.07, 6.45) is 3.68. The fourth-order valence-corrected chi connectivity index (χ4v) is 3.87. The lowest BCUT2D eigenvalue weighted by atomic mass is 10.00. The van der Waals surface area contributed by atoms with Gasteiger partial charge in [-0.15, -0.1) is 0 Å². The van der Waals surface area contributed by atoms with Crippen LogP contribution in [0.25, 0.3) is 0 Å². The van der Waals surface area contributed by atoms with Crippen LogP contribution in [0.5, 0.6) is 0 Å². The van der Waals surface area contributed by atoms with Gasteiger partial charge in [0.25, 0.3) is 0 Å². The molecule has 1 aromatic rings. The van der Waals surface area contributed by atoms with Crippen LogP contribution in [0, 0.1) is 5.92 Å². The molecule has 1 aliphatic rings. The van der Waals surface area contributed by atoms with Crippen molar-refractivity contribution < 1.29 is 9.59 Å². The third-order valence-electron chi connectivity index (χ3n) is 3.90. The van der Waals surface area contributed by atoms with E-state index in [1.807, 2.05) is 25.1 Å². The molecule has 3 atom stereocenters. The molecule has 0 spiro atoms. The van der Waals surface area contributed by atoms with Gasteiger partial charge in [0, 0.05) is 24.1 Å². The Morgan fingerprint density at radius 1 is 1.29 bits per heavy atom. The maximum Gasteiger partial charge on any atom is 0.223 e. The van der Waals surface area contributed by atoms with Crippen molar-refractivity contribution in [2.24, 2.45) is 5.92 Å². The highest BCUT2D eigenvalue weighted by molar-refractivity contribution is 8.14. The molecule has 1 fully saturated rings. The van der Waals surface area contributed by atoms with Crippen molar-refractivity contribution in [3.63, 3.8) is 0 Å². The van der Waals surface area contributed by atoms with E-state index in [0.717, 1.165) is 25.7 Å². The van der Waals surface area contributed by atoms with Crippen LogP contribution in [0.15, 0.2) is 30.3 Å². The summed E-state index contributed by atoms with van der Waals surface area (Å²) in [5.74, 6) is 0.101. The lowest BCUT2D eigenvalue weighted by Crippen LogP contribution is -2.37. The smallest absolute Gasteiger partial charge is 0.223 e. The molecule has 0 radical (unpaired) electrons. The molecule has 0 aromatic heterocycles. The predicted octanol–water partition coefficient (Wildman–Crippen LogP) is 3.18. The Bertz CT molecular complexity index is 489. The SMILES string of the molecule is CC(=O)SC1CCC(NC(=O)[C@@H](C)Cc2ccccc2)C1. The summed E-state index contributed by atoms with van der Waals surface area (Å²) >= 11 is 1.41. The number of benzene rings is 1. The van der Waals surface area contributed by atoms with Crippen LogP contribution >= 0.6 is 11.8 Å². The van der Waals surface area contributed by atoms with Gasteiger partial charge in [0.2, 0.25) is 5.91 Å². The minimum Gasteiger partial charge on any atom is -0.353 e. The molecule has 0 bridgehead atoms. The minimum atomic E-state index is -0.0214. The topological polar surface area (TPSA) is 46.2 Å². The molecule has 114 valence electrons. The molecular weight excluding hydrogens is 282 g/mol. The van der Waals surface area contributed by atoms with Gasteiger partial charge >= 0.3 is 0 Å². The lowest BCUT2D eigenvalue weighted by Gasteiger charge is -2.17. The van der Waals surface area contributed by atoms with E-state index in [9.17, 15) is 9.59 Å². The van der Waals surface area contributed by atoms with Crippen molar-refractivity contribution in [3.8, 4) is 0 Å². The highest BCUT2D eigenvalue weighted by Crippen LogP contribution is 2.30. The van der Waals surface area contributed by atoms with Crippen molar-refractivity contribution in [2.45, 2.75) is 50.8 Å². The average Bonchev–Trinajstić information content (AvgIpc) is 2.86. The monoisotopic (exact) mass is 305 g/mol. The zero-order chi connectivity index (χ0) is 15.2. The van der Waals surface area contributed by atoms with E-state index >= 15 is 0 Å². The van der Waals surface area contributed by atoms with E-state index in [-0.39, 0.29) is 23.0 Å². The van der Waals surface area contributed by atoms with E-state index in [2.05, 4.69) is 17.4 Å². The summed E-state index contributed by atoms with van der Waals surface area (Å²) in [5, 5.41) is 3.68. The van der Waals surface area contributed by atoms with E-state index < -0.39 is 0 Å². The summed E-state index contributed by atoms with van der Waals surface area (Å²) < 4.78 is 0. The van der Waals surface area contributed by atoms with Gasteiger partial charge in [-0.3, -0.25) is 9.59 Å². The Labute approximate surface area is 130 Å². The normalized spacial score (nSPS) is 22.8. The van der Waals surface area contributed by atoms with Crippen molar-refractivity contribution in [2.75, 3.05) is 0 Å². The second-order valence-electron chi connectivity index (χ2n) is 5.84. The fourth-order valence-electron chi connectivity index (χ4n) is 2.82. The second kappa shape index (κ2) is 7.64. The highest BCUT2D eigenvalue weighted by atomic mass is 32.2. The van der Waals surface area contributed by atoms with E-state index in [1.165, 1.54) is 17.3 Å². The van der Waals surface area contributed by atoms with E-state index in [4.69, 9.17) is 0 Å². The Kier molecular flexibility index (Phi) is 5.85. The van der Waals surface area contributed by atoms with Crippen LogP contribution < -0.4 is 5.32 Å². The molecule has 1 aliphatic carbocycles. The molecule has 3 nitrogen and oxygen atoms in total. The zero-order valence-electron chi connectivity index (χ0n) is 12.7. The van der Waals surface area contributed by atoms with Crippen LogP contribution in [-0.2, 0) is 16.0 Å². The Morgan fingerprint density at radius 3 is 2.67 bits per heavy atom. The van der Waals surface area contributed by atoms with Gasteiger partial charge in [-0.2, -0.15) is 0 Å². The number of hydrogen-bond acceptors (Lipinski definition) is 3. The summed E-state index contributed by atoms with van der Waals surface area (Å²) in [6, 6.07) is 10.3. The van der Waals surface area contributed by atoms with Gasteiger partial charge in [-0.05, 0) is 31.2 Å². The standard InChI is InChI=1S/C17H23NO2S/c1-12(10-14-6-4-3-5-7-14)17(20)18-15-8-9-16(11-15)21-13(2)19/h3-7,12,15-16H,8-11H2,1-2H3,(H,18,20)/t12-,15?,16?/m0/s1. The molecular formula is C17H23NO2S. The fraction of sp³-hybridized carbons (Fsp3) is 0.529. The number of nitrogens with one attached hydrogen (secondary N) is 1. The van der Waals surface area contributed by atoms with Crippen molar-refractivity contribution >= 4 is 22.8 Å². The predicted molar refractivity (Wildman–Crippen MR) is 87.2 cm³/mol. The van der Waals surface area contributed by atoms with Gasteiger partial charge in [0.05, 0.1) is 0 Å². The molecule has 21 heavy (non-hydrogen) atoms. The minimum absolute atomic E-state index is 0.0214. The molecule has 1 amide bonds. The average molecular weight is 305 g/mol. The maximum absolute atomic E-state index is 12.2. The first-order valence-electron chi connectivity index (χ1n) is 7.56. The third-order valence-corrected chi connectivity index (χ3v) is 4.99. The maximum atomic E-state index is 12.2. The molecule has 2 rings (SSSR count). The molecule has 0 heterocycles. The van der Waals surface area contributed by atoms with Gasteiger partial charge in [-0.1, -0.05) is 49.0 Å². The second-order valence-corrected chi connectivity index (χ2v) is 7.32. The molecule has 2 unspecified atom stereocenters. The van der Waals surface area contributed by atoms with Crippen LogP contribution in [0.2, 0.25) is 0 Å². The zero-order valence-corrected chi connectivity index (χ0v) is 13.5. The first-order chi connectivity index (χ1) is 10.0. The van der Waals surface area contributed by atoms with Gasteiger partial charge in [0.15, 0.2) is 5.12 Å². The summed E-state index contributed by atoms with van der Waals surface area (Å²) in [4.78, 5) is 23.4. The van der Waals surface area contributed by atoms with Crippen molar-refractivity contribution in [1.82, 2.24) is 5.32 Å². The van der Waals surface area contributed by atoms with Crippen LogP contribution in [-0.4, -0.2) is 22.3 Å². The molecule has 4 heteroatoms. The van der Waals surface area contributed by atoms with Gasteiger partial charge in [-0.25, -0.2) is 0 Å². The number of carbonyl (C=O) groups excluding carboxylic acids is 2. The summed E-state index contributed by atoms with van der Waals surface area (Å²) in [6.45, 7) is 3.58. The van der Waals surface area contributed by atoms with Gasteiger partial charge in [0.1, 0.15) is 0 Å². The number of rotatable bonds is 5.